The summed E-state index contributed by atoms with van der Waals surface area (Å²) in [4.78, 5) is 184. The first-order valence-electron chi connectivity index (χ1n) is 39.1. The van der Waals surface area contributed by atoms with Crippen LogP contribution in [-0.4, -0.2) is 168 Å². The first-order valence-corrected chi connectivity index (χ1v) is 39.5. The van der Waals surface area contributed by atoms with Crippen LogP contribution in [0.15, 0.2) is 122 Å². The second-order valence-electron chi connectivity index (χ2n) is 30.1. The molecule has 0 fully saturated rings. The number of Topliss-reactive ketones (excluding diaryl/α,β-unsaturated/α-hetero) is 6. The number of hydrogen-bond acceptors (Lipinski definition) is 17. The molecule has 119 heavy (non-hydrogen) atoms. The summed E-state index contributed by atoms with van der Waals surface area (Å²) in [5.74, 6) is -3.83. The van der Waals surface area contributed by atoms with E-state index in [-0.39, 0.29) is 157 Å². The second-order valence-corrected chi connectivity index (χ2v) is 30.5. The molecule has 0 unspecified atom stereocenters. The Labute approximate surface area is 693 Å². The van der Waals surface area contributed by atoms with Gasteiger partial charge in [0.25, 0.3) is 29.5 Å². The van der Waals surface area contributed by atoms with Crippen molar-refractivity contribution in [3.8, 4) is 5.75 Å². The zero-order chi connectivity index (χ0) is 86.1. The highest BCUT2D eigenvalue weighted by molar-refractivity contribution is 6.31. The van der Waals surface area contributed by atoms with Crippen LogP contribution < -0.4 is 42.0 Å². The van der Waals surface area contributed by atoms with Crippen LogP contribution in [0.25, 0.3) is 0 Å². The Balaban J connectivity index is 0.601. The van der Waals surface area contributed by atoms with Crippen molar-refractivity contribution in [2.24, 2.45) is 56.4 Å². The fourth-order valence-electron chi connectivity index (χ4n) is 13.9. The van der Waals surface area contributed by atoms with Gasteiger partial charge in [0.05, 0.1) is 46.3 Å². The average Bonchev–Trinajstić information content (AvgIpc) is 1.79. The molecule has 0 bridgehead atoms. The van der Waals surface area contributed by atoms with Gasteiger partial charge < -0.3 is 83.4 Å². The molecule has 0 saturated carbocycles. The first-order chi connectivity index (χ1) is 56.6. The average molecular weight is 1650 g/mol. The largest absolute Gasteiger partial charge is 0.493 e. The number of anilines is 5. The molecular formula is C86H101ClN18O14. The fraction of sp³-hybridized carbons (Fsp3) is 0.360. The van der Waals surface area contributed by atoms with E-state index in [9.17, 15) is 62.3 Å². The van der Waals surface area contributed by atoms with Crippen molar-refractivity contribution in [3.05, 3.63) is 212 Å². The number of rotatable bonds is 43. The predicted molar refractivity (Wildman–Crippen MR) is 449 cm³/mol. The van der Waals surface area contributed by atoms with Crippen LogP contribution in [0.5, 0.6) is 5.75 Å². The molecule has 33 heteroatoms. The number of halogens is 1. The number of aryl methyl sites for hydroxylation is 9. The summed E-state index contributed by atoms with van der Waals surface area (Å²) >= 11 is 6.15. The number of nitrogens with zero attached hydrogens (tertiary/aromatic N) is 11. The van der Waals surface area contributed by atoms with Gasteiger partial charge in [-0.25, -0.2) is 9.97 Å². The minimum absolute atomic E-state index is 0.000845. The number of unbranched alkanes of at least 4 members (excludes halogenated alkanes) is 2. The number of benzene rings is 2. The number of ether oxygens (including phenoxy) is 1. The summed E-state index contributed by atoms with van der Waals surface area (Å²) in [5, 5.41) is 19.7. The van der Waals surface area contributed by atoms with E-state index in [1.165, 1.54) is 55.2 Å². The maximum absolute atomic E-state index is 13.7. The molecule has 2 aromatic carbocycles. The molecule has 7 amide bonds. The number of nitrogens with one attached hydrogen (secondary N) is 7. The molecule has 0 radical (unpaired) electrons. The monoisotopic (exact) mass is 1640 g/mol. The number of amides is 7. The van der Waals surface area contributed by atoms with Crippen molar-refractivity contribution in [2.45, 2.75) is 110 Å². The Kier molecular flexibility index (Phi) is 29.8. The first kappa shape index (κ1) is 88.3. The Morgan fingerprint density at radius 1 is 0.387 bits per heavy atom. The Bertz CT molecular complexity index is 5530. The van der Waals surface area contributed by atoms with Gasteiger partial charge >= 0.3 is 0 Å². The van der Waals surface area contributed by atoms with E-state index < -0.39 is 35.4 Å². The number of carbonyl (C=O) groups is 13. The number of hydrogen-bond donors (Lipinski definition) is 7. The molecule has 0 aliphatic rings. The topological polar surface area (TPSA) is 384 Å². The van der Waals surface area contributed by atoms with Crippen LogP contribution in [0.3, 0.4) is 0 Å². The molecule has 626 valence electrons. The van der Waals surface area contributed by atoms with Gasteiger partial charge in [0.2, 0.25) is 23.5 Å². The Morgan fingerprint density at radius 2 is 0.849 bits per heavy atom. The molecule has 0 atom stereocenters. The smallest absolute Gasteiger partial charge is 0.291 e. The maximum Gasteiger partial charge on any atom is 0.291 e. The SMILES string of the molecule is CCOc1ccc(CC(=O)CCCCC(=O)NCCC(=O)Nc2cc(C(=O)Nc3cn(C)c(C(=O)Nc4cc(C(=O)Nc5cn(C)c(C(=O)NCCCC(=O)Cc6cc(C(=O)Cc7cc(C(=O)Cc8cc(C(=O)Cc9cc(C(=O)CCCCN(C)C)n(C)c9)n(C)c8)n(C)c7)n(C)c6)n5)n(C)c4)n3)n(C)c2)cc1C(=O)Nc1ccc(Cl)c(C)c1. The number of imidazole rings is 2. The lowest BCUT2D eigenvalue weighted by Gasteiger charge is -2.13. The molecule has 0 aliphatic carbocycles. The van der Waals surface area contributed by atoms with Crippen molar-refractivity contribution >= 4 is 116 Å². The van der Waals surface area contributed by atoms with Gasteiger partial charge in [-0.15, -0.1) is 0 Å². The molecule has 8 heterocycles. The van der Waals surface area contributed by atoms with Gasteiger partial charge in [-0.2, -0.15) is 0 Å². The number of aromatic nitrogens is 10. The molecule has 10 aromatic rings. The van der Waals surface area contributed by atoms with Crippen molar-refractivity contribution < 1.29 is 67.1 Å². The fourth-order valence-corrected chi connectivity index (χ4v) is 14.1. The molecule has 8 aromatic heterocycles. The van der Waals surface area contributed by atoms with Gasteiger partial charge in [0, 0.05) is 194 Å². The molecule has 7 N–H and O–H groups in total. The van der Waals surface area contributed by atoms with Crippen molar-refractivity contribution in [1.82, 2.24) is 62.0 Å². The lowest BCUT2D eigenvalue weighted by molar-refractivity contribution is -0.122. The van der Waals surface area contributed by atoms with E-state index in [0.29, 0.717) is 99.5 Å². The standard InChI is InChI=1S/C86H101ClN18O14/c1-13-119-75-26-23-53(34-63(75)82(114)91-58-24-25-64(87)52(2)31-58)32-61(106)19-14-15-22-78(112)88-29-27-79(113)90-59-42-69(102(9)48-59)83(115)96-77-51-105(12)81(94-77)86(118)92-60-43-70(103(10)49-60)84(116)95-76-50-104(11)80(93-76)85(117)89-28-18-20-62(107)33-54-35-66(99(6)44-54)72(109)40-56-37-68(101(8)46-56)74(111)41-57-38-67(100(7)47-57)73(110)39-55-36-65(98(5)45-55)71(108)21-16-17-30-97(3)4/h23-26,31,34-38,42-51H,13-22,27-30,32-33,39-41H2,1-12H3,(H,88,112)(H,89,117)(H,90,113)(H,91,114)(H,92,118)(H,95,116)(H,96,115). The zero-order valence-electron chi connectivity index (χ0n) is 69.0. The Hall–Kier alpha value is -13.1. The second kappa shape index (κ2) is 40.2. The van der Waals surface area contributed by atoms with Crippen LogP contribution >= 0.6 is 11.6 Å². The normalized spacial score (nSPS) is 11.2. The van der Waals surface area contributed by atoms with Gasteiger partial charge in [0.15, 0.2) is 34.8 Å². The van der Waals surface area contributed by atoms with E-state index >= 15 is 0 Å². The summed E-state index contributed by atoms with van der Waals surface area (Å²) in [6.45, 7) is 5.07. The third-order valence-corrected chi connectivity index (χ3v) is 20.3. The van der Waals surface area contributed by atoms with Crippen molar-refractivity contribution in [2.75, 3.05) is 66.9 Å². The van der Waals surface area contributed by atoms with E-state index in [1.807, 2.05) is 34.1 Å². The lowest BCUT2D eigenvalue weighted by Crippen LogP contribution is -2.27. The minimum atomic E-state index is -0.668. The maximum atomic E-state index is 13.7. The van der Waals surface area contributed by atoms with E-state index in [4.69, 9.17) is 16.3 Å². The van der Waals surface area contributed by atoms with Crippen LogP contribution in [0.4, 0.5) is 28.7 Å². The van der Waals surface area contributed by atoms with Crippen molar-refractivity contribution in [1.29, 1.82) is 0 Å². The highest BCUT2D eigenvalue weighted by Crippen LogP contribution is 2.28. The molecule has 0 aliphatic heterocycles. The molecular weight excluding hydrogens is 1540 g/mol. The van der Waals surface area contributed by atoms with Crippen LogP contribution in [0.1, 0.15) is 199 Å². The number of ketones is 6. The van der Waals surface area contributed by atoms with Gasteiger partial charge in [-0.1, -0.05) is 17.7 Å². The van der Waals surface area contributed by atoms with Gasteiger partial charge in [-0.3, -0.25) is 62.3 Å². The van der Waals surface area contributed by atoms with Crippen LogP contribution in [-0.2, 0) is 108 Å². The zero-order valence-corrected chi connectivity index (χ0v) is 69.8. The summed E-state index contributed by atoms with van der Waals surface area (Å²) in [6.07, 6.45) is 17.0. The van der Waals surface area contributed by atoms with Gasteiger partial charge in [-0.05, 0) is 167 Å². The lowest BCUT2D eigenvalue weighted by atomic mass is 10.0. The summed E-state index contributed by atoms with van der Waals surface area (Å²) in [5.41, 5.74) is 7.56. The summed E-state index contributed by atoms with van der Waals surface area (Å²) in [6, 6.07) is 20.0. The predicted octanol–water partition coefficient (Wildman–Crippen LogP) is 9.88. The third kappa shape index (κ3) is 24.1. The summed E-state index contributed by atoms with van der Waals surface area (Å²) in [7, 11) is 17.3. The van der Waals surface area contributed by atoms with E-state index in [2.05, 4.69) is 52.1 Å². The van der Waals surface area contributed by atoms with Crippen molar-refractivity contribution in [3.63, 3.8) is 0 Å². The highest BCUT2D eigenvalue weighted by Gasteiger charge is 2.26. The van der Waals surface area contributed by atoms with Crippen LogP contribution in [0.2, 0.25) is 5.02 Å². The quantitative estimate of drug-likeness (QED) is 0.0138. The minimum Gasteiger partial charge on any atom is -0.493 e. The Morgan fingerprint density at radius 3 is 1.37 bits per heavy atom. The number of carbonyl (C=O) groups excluding carboxylic acids is 13. The van der Waals surface area contributed by atoms with E-state index in [0.717, 1.165) is 30.5 Å². The highest BCUT2D eigenvalue weighted by atomic mass is 35.5. The third-order valence-electron chi connectivity index (χ3n) is 19.9. The molecule has 10 rings (SSSR count). The molecule has 0 spiro atoms. The molecule has 0 saturated heterocycles. The molecule has 32 nitrogen and oxygen atoms in total. The van der Waals surface area contributed by atoms with E-state index in [1.54, 1.807) is 154 Å². The van der Waals surface area contributed by atoms with Crippen LogP contribution in [0, 0.1) is 6.92 Å². The van der Waals surface area contributed by atoms with Gasteiger partial charge in [0.1, 0.15) is 28.7 Å². The summed E-state index contributed by atoms with van der Waals surface area (Å²) < 4.78 is 18.3.